The fraction of sp³-hybridized carbons (Fsp3) is 0.579. The third-order valence-electron chi connectivity index (χ3n) is 4.39. The Hall–Kier alpha value is -1.40. The molecule has 0 aromatic heterocycles. The zero-order valence-electron chi connectivity index (χ0n) is 15.5. The molecule has 1 saturated carbocycles. The minimum atomic E-state index is -0.378. The Bertz CT molecular complexity index is 647. The molecular formula is C19H26ClNO4S. The van der Waals surface area contributed by atoms with Gasteiger partial charge in [0, 0.05) is 11.1 Å². The topological polar surface area (TPSA) is 64.6 Å². The Balaban J connectivity index is 1.82. The monoisotopic (exact) mass is 399 g/mol. The molecule has 1 aromatic carbocycles. The minimum Gasteiger partial charge on any atom is -0.495 e. The zero-order valence-corrected chi connectivity index (χ0v) is 17.0. The van der Waals surface area contributed by atoms with Gasteiger partial charge < -0.3 is 14.8 Å². The fourth-order valence-corrected chi connectivity index (χ4v) is 3.65. The van der Waals surface area contributed by atoms with E-state index in [1.807, 2.05) is 6.92 Å². The maximum atomic E-state index is 12.2. The number of amides is 1. The number of aryl methyl sites for hydroxylation is 1. The van der Waals surface area contributed by atoms with Gasteiger partial charge in [-0.25, -0.2) is 0 Å². The molecule has 1 amide bonds. The van der Waals surface area contributed by atoms with Gasteiger partial charge in [-0.3, -0.25) is 9.59 Å². The van der Waals surface area contributed by atoms with Crippen LogP contribution in [-0.4, -0.2) is 36.1 Å². The number of nitrogens with one attached hydrogen (secondary N) is 1. The molecule has 0 aliphatic heterocycles. The van der Waals surface area contributed by atoms with Crippen molar-refractivity contribution in [2.45, 2.75) is 57.3 Å². The molecule has 1 atom stereocenters. The van der Waals surface area contributed by atoms with Gasteiger partial charge in [-0.05, 0) is 51.2 Å². The second-order valence-corrected chi connectivity index (χ2v) is 8.24. The number of carbonyl (C=O) groups excluding carboxylic acids is 2. The number of methoxy groups -OCH3 is 1. The molecule has 2 rings (SSSR count). The second kappa shape index (κ2) is 10.1. The largest absolute Gasteiger partial charge is 0.495 e. The van der Waals surface area contributed by atoms with Gasteiger partial charge in [0.2, 0.25) is 5.91 Å². The molecule has 144 valence electrons. The van der Waals surface area contributed by atoms with E-state index in [0.717, 1.165) is 31.2 Å². The molecule has 1 unspecified atom stereocenters. The van der Waals surface area contributed by atoms with Crippen LogP contribution in [0.15, 0.2) is 12.1 Å². The maximum absolute atomic E-state index is 12.2. The van der Waals surface area contributed by atoms with Crippen molar-refractivity contribution < 1.29 is 19.1 Å². The molecule has 0 saturated heterocycles. The van der Waals surface area contributed by atoms with Crippen molar-refractivity contribution in [2.75, 3.05) is 18.2 Å². The third-order valence-corrected chi connectivity index (χ3v) is 5.91. The van der Waals surface area contributed by atoms with Crippen molar-refractivity contribution in [3.63, 3.8) is 0 Å². The van der Waals surface area contributed by atoms with Crippen LogP contribution in [0.25, 0.3) is 0 Å². The number of hydrogen-bond acceptors (Lipinski definition) is 5. The number of thioether (sulfide) groups is 1. The van der Waals surface area contributed by atoms with E-state index in [4.69, 9.17) is 21.1 Å². The van der Waals surface area contributed by atoms with E-state index in [0.29, 0.717) is 16.5 Å². The van der Waals surface area contributed by atoms with Crippen molar-refractivity contribution in [3.05, 3.63) is 22.7 Å². The van der Waals surface area contributed by atoms with Gasteiger partial charge in [-0.15, -0.1) is 11.8 Å². The number of ether oxygens (including phenoxy) is 2. The molecule has 1 N–H and O–H groups in total. The summed E-state index contributed by atoms with van der Waals surface area (Å²) in [5.74, 6) is 0.219. The highest BCUT2D eigenvalue weighted by Gasteiger charge is 2.23. The Morgan fingerprint density at radius 1 is 1.31 bits per heavy atom. The molecule has 7 heteroatoms. The maximum Gasteiger partial charge on any atom is 0.319 e. The lowest BCUT2D eigenvalue weighted by Gasteiger charge is -2.23. The van der Waals surface area contributed by atoms with E-state index in [-0.39, 0.29) is 29.0 Å². The molecule has 0 radical (unpaired) electrons. The van der Waals surface area contributed by atoms with Crippen LogP contribution >= 0.6 is 23.4 Å². The van der Waals surface area contributed by atoms with Gasteiger partial charge in [0.15, 0.2) is 0 Å². The Kier molecular flexibility index (Phi) is 8.10. The van der Waals surface area contributed by atoms with Crippen molar-refractivity contribution in [1.82, 2.24) is 0 Å². The summed E-state index contributed by atoms with van der Waals surface area (Å²) >= 11 is 7.34. The number of anilines is 1. The van der Waals surface area contributed by atoms with E-state index in [1.165, 1.54) is 25.3 Å². The zero-order chi connectivity index (χ0) is 19.1. The van der Waals surface area contributed by atoms with Gasteiger partial charge in [0.1, 0.15) is 17.1 Å². The summed E-state index contributed by atoms with van der Waals surface area (Å²) in [5.41, 5.74) is 1.41. The van der Waals surface area contributed by atoms with Gasteiger partial charge in [0.05, 0.1) is 18.6 Å². The smallest absolute Gasteiger partial charge is 0.319 e. The summed E-state index contributed by atoms with van der Waals surface area (Å²) in [6.07, 6.45) is 5.37. The molecule has 5 nitrogen and oxygen atoms in total. The first-order valence-electron chi connectivity index (χ1n) is 8.86. The predicted octanol–water partition coefficient (Wildman–Crippen LogP) is 4.59. The first-order chi connectivity index (χ1) is 12.4. The number of hydrogen-bond donors (Lipinski definition) is 1. The molecule has 1 aromatic rings. The standard InChI is InChI=1S/C19H26ClNO4S/c1-12-9-16(17(24-3)10-15(12)20)21-18(22)11-26-13(2)19(23)25-14-7-5-4-6-8-14/h9-10,13-14H,4-8,11H2,1-3H3,(H,21,22). The Morgan fingerprint density at radius 3 is 2.65 bits per heavy atom. The van der Waals surface area contributed by atoms with E-state index in [2.05, 4.69) is 5.32 Å². The summed E-state index contributed by atoms with van der Waals surface area (Å²) in [6, 6.07) is 3.44. The van der Waals surface area contributed by atoms with Crippen LogP contribution in [0.4, 0.5) is 5.69 Å². The van der Waals surface area contributed by atoms with Crippen LogP contribution in [0.3, 0.4) is 0 Å². The highest BCUT2D eigenvalue weighted by Crippen LogP contribution is 2.31. The quantitative estimate of drug-likeness (QED) is 0.679. The normalized spacial score (nSPS) is 16.0. The molecule has 26 heavy (non-hydrogen) atoms. The third kappa shape index (κ3) is 6.09. The highest BCUT2D eigenvalue weighted by atomic mass is 35.5. The van der Waals surface area contributed by atoms with Crippen LogP contribution in [0, 0.1) is 6.92 Å². The molecule has 0 bridgehead atoms. The molecular weight excluding hydrogens is 374 g/mol. The van der Waals surface area contributed by atoms with Crippen molar-refractivity contribution >= 4 is 40.9 Å². The molecule has 1 aliphatic rings. The summed E-state index contributed by atoms with van der Waals surface area (Å²) in [7, 11) is 1.52. The first-order valence-corrected chi connectivity index (χ1v) is 10.3. The van der Waals surface area contributed by atoms with E-state index >= 15 is 0 Å². The van der Waals surface area contributed by atoms with E-state index in [1.54, 1.807) is 19.1 Å². The Morgan fingerprint density at radius 2 is 2.00 bits per heavy atom. The summed E-state index contributed by atoms with van der Waals surface area (Å²) < 4.78 is 10.8. The average Bonchev–Trinajstić information content (AvgIpc) is 2.63. The van der Waals surface area contributed by atoms with Gasteiger partial charge >= 0.3 is 5.97 Å². The predicted molar refractivity (Wildman–Crippen MR) is 106 cm³/mol. The van der Waals surface area contributed by atoms with Gasteiger partial charge in [-0.1, -0.05) is 18.0 Å². The van der Waals surface area contributed by atoms with E-state index < -0.39 is 0 Å². The SMILES string of the molecule is COc1cc(Cl)c(C)cc1NC(=O)CSC(C)C(=O)OC1CCCCC1. The number of benzene rings is 1. The molecule has 1 fully saturated rings. The molecule has 0 heterocycles. The van der Waals surface area contributed by atoms with Crippen LogP contribution in [0.2, 0.25) is 5.02 Å². The number of rotatable bonds is 7. The highest BCUT2D eigenvalue weighted by molar-refractivity contribution is 8.01. The summed E-state index contributed by atoms with van der Waals surface area (Å²) in [5, 5.41) is 3.01. The first kappa shape index (κ1) is 20.9. The van der Waals surface area contributed by atoms with Crippen LogP contribution in [-0.2, 0) is 14.3 Å². The van der Waals surface area contributed by atoms with E-state index in [9.17, 15) is 9.59 Å². The van der Waals surface area contributed by atoms with Crippen molar-refractivity contribution in [3.8, 4) is 5.75 Å². The number of halogens is 1. The van der Waals surface area contributed by atoms with Crippen molar-refractivity contribution in [2.24, 2.45) is 0 Å². The summed E-state index contributed by atoms with van der Waals surface area (Å²) in [6.45, 7) is 3.63. The average molecular weight is 400 g/mol. The lowest BCUT2D eigenvalue weighted by atomic mass is 9.98. The fourth-order valence-electron chi connectivity index (χ4n) is 2.83. The van der Waals surface area contributed by atoms with Crippen LogP contribution in [0.5, 0.6) is 5.75 Å². The second-order valence-electron chi connectivity index (χ2n) is 6.50. The van der Waals surface area contributed by atoms with Crippen LogP contribution < -0.4 is 10.1 Å². The number of carbonyl (C=O) groups is 2. The minimum absolute atomic E-state index is 0.0365. The summed E-state index contributed by atoms with van der Waals surface area (Å²) in [4.78, 5) is 24.4. The number of esters is 1. The van der Waals surface area contributed by atoms with Crippen molar-refractivity contribution in [1.29, 1.82) is 0 Å². The lowest BCUT2D eigenvalue weighted by molar-refractivity contribution is -0.149. The molecule has 0 spiro atoms. The lowest BCUT2D eigenvalue weighted by Crippen LogP contribution is -2.27. The molecule has 1 aliphatic carbocycles. The van der Waals surface area contributed by atoms with Gasteiger partial charge in [0.25, 0.3) is 0 Å². The Labute approximate surface area is 164 Å². The van der Waals surface area contributed by atoms with Gasteiger partial charge in [-0.2, -0.15) is 0 Å². The van der Waals surface area contributed by atoms with Crippen LogP contribution in [0.1, 0.15) is 44.6 Å².